The molecule has 1 aromatic heterocycles. The number of aromatic nitrogens is 3. The fourth-order valence-corrected chi connectivity index (χ4v) is 4.95. The molecular formula is C25H30N4O2S. The van der Waals surface area contributed by atoms with Gasteiger partial charge in [-0.25, -0.2) is 0 Å². The van der Waals surface area contributed by atoms with Crippen molar-refractivity contribution in [1.29, 1.82) is 0 Å². The van der Waals surface area contributed by atoms with Crippen LogP contribution in [0.25, 0.3) is 0 Å². The van der Waals surface area contributed by atoms with Gasteiger partial charge in [-0.3, -0.25) is 9.36 Å². The van der Waals surface area contributed by atoms with Gasteiger partial charge in [0.05, 0.1) is 11.8 Å². The molecule has 7 heteroatoms. The van der Waals surface area contributed by atoms with Gasteiger partial charge >= 0.3 is 0 Å². The van der Waals surface area contributed by atoms with E-state index in [1.807, 2.05) is 67.6 Å². The molecule has 32 heavy (non-hydrogen) atoms. The molecule has 0 radical (unpaired) electrons. The van der Waals surface area contributed by atoms with Crippen LogP contribution in [0.15, 0.2) is 65.8 Å². The Kier molecular flexibility index (Phi) is 7.82. The average Bonchev–Trinajstić information content (AvgIpc) is 3.26. The molecular weight excluding hydrogens is 420 g/mol. The van der Waals surface area contributed by atoms with E-state index in [0.717, 1.165) is 35.1 Å². The molecule has 3 aromatic rings. The maximum atomic E-state index is 12.6. The molecule has 2 aromatic carbocycles. The summed E-state index contributed by atoms with van der Waals surface area (Å²) in [5, 5.41) is 12.7. The zero-order chi connectivity index (χ0) is 22.2. The van der Waals surface area contributed by atoms with Crippen molar-refractivity contribution < 1.29 is 9.53 Å². The van der Waals surface area contributed by atoms with E-state index in [1.54, 1.807) is 0 Å². The Morgan fingerprint density at radius 1 is 1.06 bits per heavy atom. The highest BCUT2D eigenvalue weighted by Gasteiger charge is 2.24. The highest BCUT2D eigenvalue weighted by atomic mass is 32.2. The normalized spacial score (nSPS) is 15.3. The lowest BCUT2D eigenvalue weighted by molar-refractivity contribution is -0.119. The Labute approximate surface area is 193 Å². The van der Waals surface area contributed by atoms with E-state index in [2.05, 4.69) is 20.1 Å². The Hall–Kier alpha value is -2.80. The first-order valence-electron chi connectivity index (χ1n) is 11.3. The van der Waals surface area contributed by atoms with Crippen molar-refractivity contribution in [1.82, 2.24) is 20.1 Å². The van der Waals surface area contributed by atoms with Crippen LogP contribution in [0.2, 0.25) is 0 Å². The molecule has 0 aliphatic heterocycles. The number of carbonyl (C=O) groups excluding carboxylic acids is 1. The summed E-state index contributed by atoms with van der Waals surface area (Å²) in [6.07, 6.45) is 5.92. The van der Waals surface area contributed by atoms with Gasteiger partial charge in [0.25, 0.3) is 0 Å². The minimum atomic E-state index is -0.0321. The number of para-hydroxylation sites is 1. The highest BCUT2D eigenvalue weighted by molar-refractivity contribution is 7.99. The first kappa shape index (κ1) is 22.4. The molecule has 168 valence electrons. The highest BCUT2D eigenvalue weighted by Crippen LogP contribution is 2.33. The number of rotatable bonds is 9. The van der Waals surface area contributed by atoms with Gasteiger partial charge < -0.3 is 10.1 Å². The minimum absolute atomic E-state index is 0.00775. The van der Waals surface area contributed by atoms with Crippen LogP contribution in [0.5, 0.6) is 5.75 Å². The van der Waals surface area contributed by atoms with Gasteiger partial charge in [0.1, 0.15) is 12.4 Å². The number of hydrogen-bond acceptors (Lipinski definition) is 5. The van der Waals surface area contributed by atoms with Crippen molar-refractivity contribution in [2.45, 2.75) is 62.9 Å². The fourth-order valence-electron chi connectivity index (χ4n) is 4.11. The van der Waals surface area contributed by atoms with Gasteiger partial charge in [-0.1, -0.05) is 79.6 Å². The van der Waals surface area contributed by atoms with Crippen LogP contribution >= 0.6 is 11.8 Å². The van der Waals surface area contributed by atoms with Gasteiger partial charge in [-0.15, -0.1) is 10.2 Å². The second-order valence-electron chi connectivity index (χ2n) is 8.15. The second kappa shape index (κ2) is 11.2. The van der Waals surface area contributed by atoms with Crippen molar-refractivity contribution in [3.63, 3.8) is 0 Å². The van der Waals surface area contributed by atoms with Crippen molar-refractivity contribution >= 4 is 17.7 Å². The topological polar surface area (TPSA) is 69.0 Å². The third kappa shape index (κ3) is 5.91. The third-order valence-electron chi connectivity index (χ3n) is 5.80. The molecule has 0 spiro atoms. The molecule has 1 heterocycles. The molecule has 0 saturated heterocycles. The molecule has 1 atom stereocenters. The molecule has 1 N–H and O–H groups in total. The minimum Gasteiger partial charge on any atom is -0.486 e. The summed E-state index contributed by atoms with van der Waals surface area (Å²) in [6, 6.07) is 20.1. The number of amides is 1. The maximum Gasteiger partial charge on any atom is 0.230 e. The van der Waals surface area contributed by atoms with Gasteiger partial charge in [0, 0.05) is 6.04 Å². The largest absolute Gasteiger partial charge is 0.486 e. The number of carbonyl (C=O) groups is 1. The van der Waals surface area contributed by atoms with Crippen LogP contribution in [-0.2, 0) is 11.4 Å². The maximum absolute atomic E-state index is 12.6. The summed E-state index contributed by atoms with van der Waals surface area (Å²) < 4.78 is 8.16. The van der Waals surface area contributed by atoms with Crippen molar-refractivity contribution in [3.8, 4) is 5.75 Å². The third-order valence-corrected chi connectivity index (χ3v) is 6.74. The van der Waals surface area contributed by atoms with Crippen LogP contribution in [0, 0.1) is 0 Å². The predicted octanol–water partition coefficient (Wildman–Crippen LogP) is 5.33. The molecule has 0 bridgehead atoms. The standard InChI is InChI=1S/C25H30N4O2S/c1-19(20-11-5-2-6-12-20)26-24(30)18-32-25-28-27-23(17-31-22-15-9-4-10-16-22)29(25)21-13-7-3-8-14-21/h2,4-6,9-12,15-16,19,21H,3,7-8,13-14,17-18H2,1H3,(H,26,30)/t19-/m1/s1. The average molecular weight is 451 g/mol. The lowest BCUT2D eigenvalue weighted by atomic mass is 9.95. The molecule has 1 fully saturated rings. The zero-order valence-corrected chi connectivity index (χ0v) is 19.3. The molecule has 1 saturated carbocycles. The predicted molar refractivity (Wildman–Crippen MR) is 127 cm³/mol. The number of nitrogens with one attached hydrogen (secondary N) is 1. The van der Waals surface area contributed by atoms with E-state index in [4.69, 9.17) is 4.74 Å². The summed E-state index contributed by atoms with van der Waals surface area (Å²) in [5.41, 5.74) is 1.09. The summed E-state index contributed by atoms with van der Waals surface area (Å²) in [7, 11) is 0. The second-order valence-corrected chi connectivity index (χ2v) is 9.09. The quantitative estimate of drug-likeness (QED) is 0.446. The summed E-state index contributed by atoms with van der Waals surface area (Å²) in [5.74, 6) is 1.93. The molecule has 1 amide bonds. The SMILES string of the molecule is C[C@@H](NC(=O)CSc1nnc(COc2ccccc2)n1C1CCCCC1)c1ccccc1. The van der Waals surface area contributed by atoms with Gasteiger partial charge in [-0.05, 0) is 37.5 Å². The number of thioether (sulfide) groups is 1. The van der Waals surface area contributed by atoms with E-state index in [0.29, 0.717) is 18.4 Å². The monoisotopic (exact) mass is 450 g/mol. The van der Waals surface area contributed by atoms with E-state index in [1.165, 1.54) is 31.0 Å². The Balaban J connectivity index is 1.41. The van der Waals surface area contributed by atoms with Crippen molar-refractivity contribution in [3.05, 3.63) is 72.1 Å². The van der Waals surface area contributed by atoms with Crippen LogP contribution in [0.3, 0.4) is 0 Å². The fraction of sp³-hybridized carbons (Fsp3) is 0.400. The Morgan fingerprint density at radius 2 is 1.75 bits per heavy atom. The van der Waals surface area contributed by atoms with Gasteiger partial charge in [0.15, 0.2) is 11.0 Å². The molecule has 1 aliphatic rings. The molecule has 6 nitrogen and oxygen atoms in total. The zero-order valence-electron chi connectivity index (χ0n) is 18.4. The summed E-state index contributed by atoms with van der Waals surface area (Å²) in [4.78, 5) is 12.6. The van der Waals surface area contributed by atoms with Crippen LogP contribution < -0.4 is 10.1 Å². The molecule has 4 rings (SSSR count). The molecule has 0 unspecified atom stereocenters. The lowest BCUT2D eigenvalue weighted by Crippen LogP contribution is -2.28. The smallest absolute Gasteiger partial charge is 0.230 e. The summed E-state index contributed by atoms with van der Waals surface area (Å²) >= 11 is 1.45. The Bertz CT molecular complexity index is 988. The Morgan fingerprint density at radius 3 is 2.47 bits per heavy atom. The van der Waals surface area contributed by atoms with Crippen LogP contribution in [-0.4, -0.2) is 26.4 Å². The first-order chi connectivity index (χ1) is 15.7. The van der Waals surface area contributed by atoms with E-state index >= 15 is 0 Å². The summed E-state index contributed by atoms with van der Waals surface area (Å²) in [6.45, 7) is 2.37. The lowest BCUT2D eigenvalue weighted by Gasteiger charge is -2.25. The van der Waals surface area contributed by atoms with Crippen molar-refractivity contribution in [2.24, 2.45) is 0 Å². The van der Waals surface area contributed by atoms with Gasteiger partial charge in [0.2, 0.25) is 5.91 Å². The van der Waals surface area contributed by atoms with Gasteiger partial charge in [-0.2, -0.15) is 0 Å². The van der Waals surface area contributed by atoms with E-state index in [-0.39, 0.29) is 11.9 Å². The number of nitrogens with zero attached hydrogens (tertiary/aromatic N) is 3. The van der Waals surface area contributed by atoms with Crippen molar-refractivity contribution in [2.75, 3.05) is 5.75 Å². The molecule has 1 aliphatic carbocycles. The van der Waals surface area contributed by atoms with Crippen LogP contribution in [0.1, 0.15) is 62.5 Å². The van der Waals surface area contributed by atoms with Crippen LogP contribution in [0.4, 0.5) is 0 Å². The number of benzene rings is 2. The number of hydrogen-bond donors (Lipinski definition) is 1. The van der Waals surface area contributed by atoms with E-state index in [9.17, 15) is 4.79 Å². The number of ether oxygens (including phenoxy) is 1. The van der Waals surface area contributed by atoms with E-state index < -0.39 is 0 Å². The first-order valence-corrected chi connectivity index (χ1v) is 12.3.